The molecule has 1 heterocycles. The number of nitrogens with zero attached hydrogens (tertiary/aromatic N) is 2. The number of hydrogen-bond donors (Lipinski definition) is 1. The average molecular weight is 533 g/mol. The lowest BCUT2D eigenvalue weighted by Crippen LogP contribution is -2.46. The first-order chi connectivity index (χ1) is 14.1. The molecule has 0 bridgehead atoms. The van der Waals surface area contributed by atoms with Crippen molar-refractivity contribution in [1.29, 1.82) is 0 Å². The van der Waals surface area contributed by atoms with Gasteiger partial charge in [0.2, 0.25) is 0 Å². The van der Waals surface area contributed by atoms with Gasteiger partial charge in [-0.2, -0.15) is 0 Å². The molecule has 0 amide bonds. The van der Waals surface area contributed by atoms with Crippen LogP contribution in [0.2, 0.25) is 0 Å². The van der Waals surface area contributed by atoms with Gasteiger partial charge in [-0.3, -0.25) is 9.79 Å². The van der Waals surface area contributed by atoms with Crippen LogP contribution in [0.4, 0.5) is 0 Å². The van der Waals surface area contributed by atoms with E-state index in [4.69, 9.17) is 19.2 Å². The number of likely N-dealkylation sites (tertiary alicyclic amines) is 1. The molecule has 30 heavy (non-hydrogen) atoms. The molecule has 1 fully saturated rings. The first kappa shape index (κ1) is 26.3. The van der Waals surface area contributed by atoms with Crippen molar-refractivity contribution in [3.63, 3.8) is 0 Å². The number of halogens is 1. The predicted octanol–water partition coefficient (Wildman–Crippen LogP) is 3.50. The smallest absolute Gasteiger partial charge is 0.309 e. The Bertz CT molecular complexity index is 676. The highest BCUT2D eigenvalue weighted by molar-refractivity contribution is 14.0. The Hall–Kier alpha value is -1.71. The number of guanidine groups is 1. The molecule has 0 aromatic heterocycles. The highest BCUT2D eigenvalue weighted by Crippen LogP contribution is 2.28. The van der Waals surface area contributed by atoms with Crippen molar-refractivity contribution in [2.75, 3.05) is 47.0 Å². The molecule has 2 rings (SSSR count). The molecule has 0 radical (unpaired) electrons. The number of nitrogens with one attached hydrogen (secondary N) is 1. The molecule has 1 aliphatic rings. The van der Waals surface area contributed by atoms with Crippen molar-refractivity contribution in [1.82, 2.24) is 10.2 Å². The maximum Gasteiger partial charge on any atom is 0.309 e. The van der Waals surface area contributed by atoms with Crippen molar-refractivity contribution >= 4 is 35.9 Å². The van der Waals surface area contributed by atoms with Gasteiger partial charge in [0, 0.05) is 26.2 Å². The fourth-order valence-electron chi connectivity index (χ4n) is 3.52. The summed E-state index contributed by atoms with van der Waals surface area (Å²) in [7, 11) is 3.30. The van der Waals surface area contributed by atoms with Crippen molar-refractivity contribution in [3.8, 4) is 11.5 Å². The molecule has 0 unspecified atom stereocenters. The molecule has 1 saturated heterocycles. The molecule has 0 spiro atoms. The summed E-state index contributed by atoms with van der Waals surface area (Å²) in [5, 5.41) is 3.38. The van der Waals surface area contributed by atoms with Crippen LogP contribution >= 0.6 is 24.0 Å². The summed E-state index contributed by atoms with van der Waals surface area (Å²) >= 11 is 0. The van der Waals surface area contributed by atoms with Gasteiger partial charge in [-0.25, -0.2) is 0 Å². The quantitative estimate of drug-likeness (QED) is 0.172. The van der Waals surface area contributed by atoms with Gasteiger partial charge in [-0.15, -0.1) is 24.0 Å². The number of carbonyl (C=O) groups excluding carboxylic acids is 1. The van der Waals surface area contributed by atoms with Crippen LogP contribution in [0.25, 0.3) is 0 Å². The van der Waals surface area contributed by atoms with Gasteiger partial charge in [0.05, 0.1) is 26.7 Å². The second-order valence-corrected chi connectivity index (χ2v) is 7.04. The summed E-state index contributed by atoms with van der Waals surface area (Å²) in [6.45, 7) is 7.59. The third-order valence-corrected chi connectivity index (χ3v) is 5.08. The minimum Gasteiger partial charge on any atom is -0.493 e. The Kier molecular flexibility index (Phi) is 12.6. The van der Waals surface area contributed by atoms with Gasteiger partial charge in [0.25, 0.3) is 0 Å². The Morgan fingerprint density at radius 3 is 2.47 bits per heavy atom. The lowest BCUT2D eigenvalue weighted by molar-refractivity contribution is -0.149. The van der Waals surface area contributed by atoms with Gasteiger partial charge >= 0.3 is 5.97 Å². The van der Waals surface area contributed by atoms with E-state index in [1.807, 2.05) is 19.1 Å². The van der Waals surface area contributed by atoms with Crippen LogP contribution in [0.5, 0.6) is 11.5 Å². The Labute approximate surface area is 197 Å². The SMILES string of the molecule is CCNC(=NCCCc1ccc(OC)c(OC)c1)N1CCC(C(=O)OCC)CC1.I. The Morgan fingerprint density at radius 2 is 1.87 bits per heavy atom. The van der Waals surface area contributed by atoms with Crippen LogP contribution in [-0.2, 0) is 16.0 Å². The number of esters is 1. The van der Waals surface area contributed by atoms with E-state index >= 15 is 0 Å². The molecule has 7 nitrogen and oxygen atoms in total. The lowest BCUT2D eigenvalue weighted by atomic mass is 9.97. The predicted molar refractivity (Wildman–Crippen MR) is 130 cm³/mol. The highest BCUT2D eigenvalue weighted by atomic mass is 127. The summed E-state index contributed by atoms with van der Waals surface area (Å²) < 4.78 is 15.8. The van der Waals surface area contributed by atoms with Crippen molar-refractivity contribution in [2.45, 2.75) is 39.5 Å². The van der Waals surface area contributed by atoms with Crippen LogP contribution in [-0.4, -0.2) is 63.8 Å². The second-order valence-electron chi connectivity index (χ2n) is 7.04. The van der Waals surface area contributed by atoms with Crippen molar-refractivity contribution in [3.05, 3.63) is 23.8 Å². The fourth-order valence-corrected chi connectivity index (χ4v) is 3.52. The summed E-state index contributed by atoms with van der Waals surface area (Å²) in [6.07, 6.45) is 3.50. The summed E-state index contributed by atoms with van der Waals surface area (Å²) in [5.41, 5.74) is 1.21. The van der Waals surface area contributed by atoms with Gasteiger partial charge in [-0.05, 0) is 57.2 Å². The molecule has 1 aromatic carbocycles. The zero-order valence-corrected chi connectivity index (χ0v) is 20.9. The number of methoxy groups -OCH3 is 2. The van der Waals surface area contributed by atoms with E-state index in [9.17, 15) is 4.79 Å². The van der Waals surface area contributed by atoms with Crippen LogP contribution in [0.1, 0.15) is 38.7 Å². The normalized spacial score (nSPS) is 14.7. The summed E-state index contributed by atoms with van der Waals surface area (Å²) in [6, 6.07) is 6.03. The third kappa shape index (κ3) is 7.85. The standard InChI is InChI=1S/C22H35N3O4.HI/c1-5-23-22(25-14-11-18(12-15-25)21(26)29-6-2)24-13-7-8-17-9-10-19(27-3)20(16-17)28-4;/h9-10,16,18H,5-8,11-15H2,1-4H3,(H,23,24);1H. The van der Waals surface area contributed by atoms with Crippen LogP contribution in [0.15, 0.2) is 23.2 Å². The van der Waals surface area contributed by atoms with Crippen molar-refractivity contribution in [2.24, 2.45) is 10.9 Å². The largest absolute Gasteiger partial charge is 0.493 e. The third-order valence-electron chi connectivity index (χ3n) is 5.08. The number of rotatable bonds is 9. The van der Waals surface area contributed by atoms with Crippen LogP contribution in [0, 0.1) is 5.92 Å². The number of ether oxygens (including phenoxy) is 3. The molecule has 1 aromatic rings. The minimum absolute atomic E-state index is 0. The van der Waals surface area contributed by atoms with E-state index in [0.717, 1.165) is 69.3 Å². The van der Waals surface area contributed by atoms with E-state index in [1.54, 1.807) is 14.2 Å². The number of carbonyl (C=O) groups is 1. The number of benzene rings is 1. The monoisotopic (exact) mass is 533 g/mol. The maximum absolute atomic E-state index is 11.9. The lowest BCUT2D eigenvalue weighted by Gasteiger charge is -2.33. The highest BCUT2D eigenvalue weighted by Gasteiger charge is 2.27. The Morgan fingerprint density at radius 1 is 1.17 bits per heavy atom. The van der Waals surface area contributed by atoms with Gasteiger partial charge in [0.15, 0.2) is 17.5 Å². The molecule has 170 valence electrons. The average Bonchev–Trinajstić information content (AvgIpc) is 2.76. The van der Waals surface area contributed by atoms with Gasteiger partial charge in [0.1, 0.15) is 0 Å². The van der Waals surface area contributed by atoms with Gasteiger partial charge < -0.3 is 24.4 Å². The zero-order valence-electron chi connectivity index (χ0n) is 18.6. The van der Waals surface area contributed by atoms with Gasteiger partial charge in [-0.1, -0.05) is 6.07 Å². The zero-order chi connectivity index (χ0) is 21.1. The van der Waals surface area contributed by atoms with E-state index in [1.165, 1.54) is 5.56 Å². The summed E-state index contributed by atoms with van der Waals surface area (Å²) in [4.78, 5) is 19.0. The number of hydrogen-bond acceptors (Lipinski definition) is 5. The van der Waals surface area contributed by atoms with Crippen molar-refractivity contribution < 1.29 is 19.0 Å². The molecule has 1 N–H and O–H groups in total. The molecule has 0 atom stereocenters. The molecule has 1 aliphatic heterocycles. The van der Waals surface area contributed by atoms with Crippen LogP contribution < -0.4 is 14.8 Å². The number of aliphatic imine (C=N–C) groups is 1. The topological polar surface area (TPSA) is 72.4 Å². The fraction of sp³-hybridized carbons (Fsp3) is 0.636. The van der Waals surface area contributed by atoms with Crippen LogP contribution in [0.3, 0.4) is 0 Å². The summed E-state index contributed by atoms with van der Waals surface area (Å²) in [5.74, 6) is 2.38. The molecule has 0 saturated carbocycles. The second kappa shape index (κ2) is 14.3. The Balaban J connectivity index is 0.00000450. The first-order valence-electron chi connectivity index (χ1n) is 10.5. The molecule has 8 heteroatoms. The molecular weight excluding hydrogens is 497 g/mol. The van der Waals surface area contributed by atoms with E-state index in [-0.39, 0.29) is 35.9 Å². The van der Waals surface area contributed by atoms with E-state index in [0.29, 0.717) is 6.61 Å². The molecule has 0 aliphatic carbocycles. The number of aryl methyl sites for hydroxylation is 1. The number of piperidine rings is 1. The van der Waals surface area contributed by atoms with E-state index < -0.39 is 0 Å². The maximum atomic E-state index is 11.9. The minimum atomic E-state index is -0.0657. The first-order valence-corrected chi connectivity index (χ1v) is 10.5. The van der Waals surface area contributed by atoms with E-state index in [2.05, 4.69) is 23.2 Å². The molecular formula is C22H36IN3O4.